The van der Waals surface area contributed by atoms with Crippen LogP contribution in [-0.2, 0) is 0 Å². The molecule has 2 aromatic carbocycles. The van der Waals surface area contributed by atoms with E-state index in [-0.39, 0.29) is 11.8 Å². The molecule has 4 atom stereocenters. The van der Waals surface area contributed by atoms with E-state index in [1.807, 2.05) is 18.2 Å². The molecule has 4 unspecified atom stereocenters. The summed E-state index contributed by atoms with van der Waals surface area (Å²) in [4.78, 5) is 0. The molecule has 0 fully saturated rings. The Kier molecular flexibility index (Phi) is 6.49. The number of aliphatic hydroxyl groups is 1. The molecule has 0 aliphatic rings. The topological polar surface area (TPSA) is 72.3 Å². The van der Waals surface area contributed by atoms with Crippen LogP contribution in [0.5, 0.6) is 0 Å². The van der Waals surface area contributed by atoms with Gasteiger partial charge in [0.05, 0.1) is 6.10 Å². The van der Waals surface area contributed by atoms with Crippen LogP contribution in [0.15, 0.2) is 42.5 Å². The lowest BCUT2D eigenvalue weighted by molar-refractivity contribution is 0.116. The summed E-state index contributed by atoms with van der Waals surface area (Å²) in [7, 11) is 0. The van der Waals surface area contributed by atoms with Gasteiger partial charge in [-0.2, -0.15) is 0 Å². The zero-order valence-corrected chi connectivity index (χ0v) is 15.9. The van der Waals surface area contributed by atoms with Crippen molar-refractivity contribution >= 4 is 11.4 Å². The molecule has 5 N–H and O–H groups in total. The normalized spacial score (nSPS) is 16.2. The van der Waals surface area contributed by atoms with E-state index in [2.05, 4.69) is 52.0 Å². The minimum Gasteiger partial charge on any atom is -0.399 e. The largest absolute Gasteiger partial charge is 0.399 e. The summed E-state index contributed by atoms with van der Waals surface area (Å²) >= 11 is 0. The van der Waals surface area contributed by atoms with Crippen LogP contribution in [0.2, 0.25) is 0 Å². The predicted molar refractivity (Wildman–Crippen MR) is 107 cm³/mol. The minimum absolute atomic E-state index is 0.177. The van der Waals surface area contributed by atoms with Crippen molar-refractivity contribution in [2.45, 2.75) is 52.6 Å². The fraction of sp³-hybridized carbons (Fsp3) is 0.455. The summed E-state index contributed by atoms with van der Waals surface area (Å²) in [6.07, 6.45) is 1.45. The highest BCUT2D eigenvalue weighted by atomic mass is 16.3. The van der Waals surface area contributed by atoms with Gasteiger partial charge in [-0.1, -0.05) is 64.8 Å². The molecule has 0 aliphatic heterocycles. The first-order valence-corrected chi connectivity index (χ1v) is 9.31. The maximum absolute atomic E-state index is 10.7. The summed E-state index contributed by atoms with van der Waals surface area (Å²) in [5.41, 5.74) is 16.8. The van der Waals surface area contributed by atoms with Crippen molar-refractivity contribution < 1.29 is 5.11 Å². The number of aliphatic hydroxyl groups excluding tert-OH is 1. The molecule has 0 radical (unpaired) electrons. The lowest BCUT2D eigenvalue weighted by Crippen LogP contribution is -2.14. The molecule has 0 amide bonds. The number of rotatable bonds is 7. The van der Waals surface area contributed by atoms with E-state index in [0.29, 0.717) is 11.6 Å². The molecule has 0 heterocycles. The summed E-state index contributed by atoms with van der Waals surface area (Å²) in [6, 6.07) is 14.2. The van der Waals surface area contributed by atoms with Crippen LogP contribution < -0.4 is 11.5 Å². The van der Waals surface area contributed by atoms with E-state index in [4.69, 9.17) is 11.5 Å². The van der Waals surface area contributed by atoms with Gasteiger partial charge in [-0.15, -0.1) is 0 Å². The summed E-state index contributed by atoms with van der Waals surface area (Å²) in [5.74, 6) is 0.908. The summed E-state index contributed by atoms with van der Waals surface area (Å²) in [5, 5.41) is 10.7. The van der Waals surface area contributed by atoms with Gasteiger partial charge in [0.1, 0.15) is 0 Å². The number of nitrogens with two attached hydrogens (primary N) is 2. The van der Waals surface area contributed by atoms with Gasteiger partial charge in [0.15, 0.2) is 0 Å². The first kappa shape index (κ1) is 19.3. The Labute approximate surface area is 152 Å². The monoisotopic (exact) mass is 340 g/mol. The smallest absolute Gasteiger partial charge is 0.0835 e. The molecule has 0 saturated heterocycles. The van der Waals surface area contributed by atoms with Crippen LogP contribution in [0.4, 0.5) is 11.4 Å². The summed E-state index contributed by atoms with van der Waals surface area (Å²) in [6.45, 7) is 8.62. The van der Waals surface area contributed by atoms with Crippen molar-refractivity contribution in [3.8, 4) is 0 Å². The average Bonchev–Trinajstić information content (AvgIpc) is 2.63. The Balaban J connectivity index is 2.49. The molecule has 0 bridgehead atoms. The first-order valence-electron chi connectivity index (χ1n) is 9.31. The van der Waals surface area contributed by atoms with E-state index >= 15 is 0 Å². The van der Waals surface area contributed by atoms with Crippen LogP contribution in [0.1, 0.15) is 69.2 Å². The summed E-state index contributed by atoms with van der Waals surface area (Å²) < 4.78 is 0. The van der Waals surface area contributed by atoms with E-state index in [9.17, 15) is 5.11 Å². The SMILES string of the molecule is CCC(C)C(O)c1cc(C(c2ccc(N)cc2)C(C)CC)ccc1N. The van der Waals surface area contributed by atoms with E-state index in [1.54, 1.807) is 0 Å². The Morgan fingerprint density at radius 3 is 1.96 bits per heavy atom. The second-order valence-corrected chi connectivity index (χ2v) is 7.25. The molecule has 3 heteroatoms. The maximum Gasteiger partial charge on any atom is 0.0835 e. The Morgan fingerprint density at radius 2 is 1.40 bits per heavy atom. The molecule has 2 aromatic rings. The van der Waals surface area contributed by atoms with Gasteiger partial charge in [0, 0.05) is 22.9 Å². The van der Waals surface area contributed by atoms with Gasteiger partial charge in [-0.05, 0) is 41.2 Å². The highest BCUT2D eigenvalue weighted by Crippen LogP contribution is 2.37. The van der Waals surface area contributed by atoms with Gasteiger partial charge < -0.3 is 16.6 Å². The second kappa shape index (κ2) is 8.39. The number of hydrogen-bond acceptors (Lipinski definition) is 3. The molecular formula is C22H32N2O. The predicted octanol–water partition coefficient (Wildman–Crippen LogP) is 5.11. The van der Waals surface area contributed by atoms with Gasteiger partial charge in [-0.25, -0.2) is 0 Å². The average molecular weight is 341 g/mol. The standard InChI is InChI=1S/C22H32N2O/c1-5-14(3)21(16-7-10-18(23)11-8-16)17-9-12-20(24)19(13-17)22(25)15(4)6-2/h7-15,21-22,25H,5-6,23-24H2,1-4H3. The molecule has 0 aliphatic carbocycles. The molecule has 0 spiro atoms. The number of anilines is 2. The van der Waals surface area contributed by atoms with Gasteiger partial charge in [0.25, 0.3) is 0 Å². The Bertz CT molecular complexity index is 681. The fourth-order valence-corrected chi connectivity index (χ4v) is 3.36. The van der Waals surface area contributed by atoms with Crippen molar-refractivity contribution in [2.75, 3.05) is 11.5 Å². The van der Waals surface area contributed by atoms with Crippen LogP contribution in [0, 0.1) is 11.8 Å². The van der Waals surface area contributed by atoms with Gasteiger partial charge >= 0.3 is 0 Å². The molecule has 0 saturated carbocycles. The van der Waals surface area contributed by atoms with Crippen molar-refractivity contribution in [2.24, 2.45) is 11.8 Å². The molecule has 3 nitrogen and oxygen atoms in total. The van der Waals surface area contributed by atoms with Crippen LogP contribution in [0.3, 0.4) is 0 Å². The quantitative estimate of drug-likeness (QED) is 0.613. The number of benzene rings is 2. The Morgan fingerprint density at radius 1 is 0.840 bits per heavy atom. The minimum atomic E-state index is -0.533. The lowest BCUT2D eigenvalue weighted by Gasteiger charge is -2.27. The van der Waals surface area contributed by atoms with Crippen molar-refractivity contribution in [3.63, 3.8) is 0 Å². The van der Waals surface area contributed by atoms with E-state index < -0.39 is 6.10 Å². The van der Waals surface area contributed by atoms with E-state index in [0.717, 1.165) is 24.1 Å². The molecular weight excluding hydrogens is 308 g/mol. The van der Waals surface area contributed by atoms with Gasteiger partial charge in [-0.3, -0.25) is 0 Å². The highest BCUT2D eigenvalue weighted by Gasteiger charge is 2.23. The molecule has 2 rings (SSSR count). The van der Waals surface area contributed by atoms with E-state index in [1.165, 1.54) is 11.1 Å². The third kappa shape index (κ3) is 4.35. The zero-order valence-electron chi connectivity index (χ0n) is 15.9. The van der Waals surface area contributed by atoms with Crippen LogP contribution in [0.25, 0.3) is 0 Å². The maximum atomic E-state index is 10.7. The van der Waals surface area contributed by atoms with Crippen LogP contribution in [-0.4, -0.2) is 5.11 Å². The number of nitrogen functional groups attached to an aromatic ring is 2. The van der Waals surface area contributed by atoms with Crippen molar-refractivity contribution in [3.05, 3.63) is 59.2 Å². The lowest BCUT2D eigenvalue weighted by atomic mass is 9.79. The molecule has 136 valence electrons. The van der Waals surface area contributed by atoms with Crippen molar-refractivity contribution in [1.82, 2.24) is 0 Å². The Hall–Kier alpha value is -2.00. The van der Waals surface area contributed by atoms with Crippen molar-refractivity contribution in [1.29, 1.82) is 0 Å². The number of hydrogen-bond donors (Lipinski definition) is 3. The van der Waals surface area contributed by atoms with Gasteiger partial charge in [0.2, 0.25) is 0 Å². The first-order chi connectivity index (χ1) is 11.9. The highest BCUT2D eigenvalue weighted by molar-refractivity contribution is 5.52. The third-order valence-corrected chi connectivity index (χ3v) is 5.48. The van der Waals surface area contributed by atoms with Crippen LogP contribution >= 0.6 is 0 Å². The second-order valence-electron chi connectivity index (χ2n) is 7.25. The third-order valence-electron chi connectivity index (χ3n) is 5.48. The fourth-order valence-electron chi connectivity index (χ4n) is 3.36. The molecule has 0 aromatic heterocycles. The molecule has 25 heavy (non-hydrogen) atoms. The zero-order chi connectivity index (χ0) is 18.6.